The van der Waals surface area contributed by atoms with Crippen LogP contribution in [0.5, 0.6) is 0 Å². The van der Waals surface area contributed by atoms with E-state index in [-0.39, 0.29) is 22.0 Å². The maximum Gasteiger partial charge on any atom is 0.270 e. The SMILES string of the molecule is Cc1ccc(N(CC(=O)Nc2ccc(C)c(F)c2)S(=O)(=O)c2c(C)noc2C)cc1. The van der Waals surface area contributed by atoms with Crippen LogP contribution in [0, 0.1) is 33.5 Å². The molecule has 0 aliphatic heterocycles. The number of sulfonamides is 1. The molecule has 3 aromatic rings. The van der Waals surface area contributed by atoms with Gasteiger partial charge in [0.2, 0.25) is 5.91 Å². The van der Waals surface area contributed by atoms with E-state index in [1.165, 1.54) is 26.0 Å². The van der Waals surface area contributed by atoms with Gasteiger partial charge in [0.05, 0.1) is 5.69 Å². The van der Waals surface area contributed by atoms with Crippen molar-refractivity contribution in [3.63, 3.8) is 0 Å². The van der Waals surface area contributed by atoms with E-state index in [0.717, 1.165) is 9.87 Å². The Morgan fingerprint density at radius 1 is 1.10 bits per heavy atom. The van der Waals surface area contributed by atoms with Gasteiger partial charge in [0.15, 0.2) is 10.7 Å². The number of carbonyl (C=O) groups excluding carboxylic acids is 1. The van der Waals surface area contributed by atoms with Crippen LogP contribution in [0.25, 0.3) is 0 Å². The zero-order valence-electron chi connectivity index (χ0n) is 17.1. The molecule has 0 saturated heterocycles. The largest absolute Gasteiger partial charge is 0.360 e. The number of nitrogens with one attached hydrogen (secondary N) is 1. The third-order valence-electron chi connectivity index (χ3n) is 4.58. The van der Waals surface area contributed by atoms with Gasteiger partial charge < -0.3 is 9.84 Å². The van der Waals surface area contributed by atoms with E-state index in [2.05, 4.69) is 10.5 Å². The van der Waals surface area contributed by atoms with E-state index < -0.39 is 28.3 Å². The summed E-state index contributed by atoms with van der Waals surface area (Å²) in [7, 11) is -4.15. The molecule has 0 atom stereocenters. The summed E-state index contributed by atoms with van der Waals surface area (Å²) in [5.41, 5.74) is 2.13. The summed E-state index contributed by atoms with van der Waals surface area (Å²) in [5, 5.41) is 6.26. The lowest BCUT2D eigenvalue weighted by Crippen LogP contribution is -2.38. The molecular formula is C21H22FN3O4S. The molecule has 1 heterocycles. The van der Waals surface area contributed by atoms with E-state index in [9.17, 15) is 17.6 Å². The maximum absolute atomic E-state index is 13.8. The quantitative estimate of drug-likeness (QED) is 0.639. The number of aromatic nitrogens is 1. The van der Waals surface area contributed by atoms with E-state index in [1.807, 2.05) is 6.92 Å². The summed E-state index contributed by atoms with van der Waals surface area (Å²) in [6.45, 7) is 5.98. The van der Waals surface area contributed by atoms with Crippen LogP contribution in [0.1, 0.15) is 22.6 Å². The molecular weight excluding hydrogens is 409 g/mol. The second kappa shape index (κ2) is 8.27. The first-order chi connectivity index (χ1) is 14.1. The summed E-state index contributed by atoms with van der Waals surface area (Å²) in [4.78, 5) is 12.6. The minimum Gasteiger partial charge on any atom is -0.360 e. The van der Waals surface area contributed by atoms with Crippen molar-refractivity contribution < 1.29 is 22.1 Å². The molecule has 0 aliphatic carbocycles. The molecule has 0 fully saturated rings. The highest BCUT2D eigenvalue weighted by atomic mass is 32.2. The Morgan fingerprint density at radius 3 is 2.33 bits per heavy atom. The number of halogens is 1. The Morgan fingerprint density at radius 2 is 1.77 bits per heavy atom. The Balaban J connectivity index is 1.96. The van der Waals surface area contributed by atoms with Crippen molar-refractivity contribution in [3.05, 3.63) is 70.9 Å². The Kier molecular flexibility index (Phi) is 5.93. The first kappa shape index (κ1) is 21.5. The number of carbonyl (C=O) groups is 1. The Labute approximate surface area is 174 Å². The van der Waals surface area contributed by atoms with Crippen molar-refractivity contribution in [1.82, 2.24) is 5.16 Å². The van der Waals surface area contributed by atoms with Gasteiger partial charge in [-0.3, -0.25) is 9.10 Å². The van der Waals surface area contributed by atoms with Crippen molar-refractivity contribution in [1.29, 1.82) is 0 Å². The van der Waals surface area contributed by atoms with Crippen LogP contribution in [0.4, 0.5) is 15.8 Å². The minimum absolute atomic E-state index is 0.0859. The number of benzene rings is 2. The van der Waals surface area contributed by atoms with Crippen LogP contribution in [0.3, 0.4) is 0 Å². The molecule has 9 heteroatoms. The lowest BCUT2D eigenvalue weighted by atomic mass is 10.2. The van der Waals surface area contributed by atoms with Gasteiger partial charge in [-0.15, -0.1) is 0 Å². The van der Waals surface area contributed by atoms with Gasteiger partial charge in [-0.2, -0.15) is 0 Å². The molecule has 0 spiro atoms. The second-order valence-electron chi connectivity index (χ2n) is 7.01. The predicted molar refractivity (Wildman–Crippen MR) is 111 cm³/mol. The summed E-state index contributed by atoms with van der Waals surface area (Å²) in [5.74, 6) is -0.952. The van der Waals surface area contributed by atoms with E-state index in [0.29, 0.717) is 11.3 Å². The summed E-state index contributed by atoms with van der Waals surface area (Å²) in [6.07, 6.45) is 0. The van der Waals surface area contributed by atoms with E-state index in [4.69, 9.17) is 4.52 Å². The zero-order chi connectivity index (χ0) is 22.1. The van der Waals surface area contributed by atoms with Gasteiger partial charge in [-0.25, -0.2) is 12.8 Å². The summed E-state index contributed by atoms with van der Waals surface area (Å²) < 4.78 is 46.6. The standard InChI is InChI=1S/C21H22FN3O4S/c1-13-5-9-18(10-6-13)25(30(27,28)21-15(3)24-29-16(21)4)12-20(26)23-17-8-7-14(2)19(22)11-17/h5-11H,12H2,1-4H3,(H,23,26). The number of amides is 1. The highest BCUT2D eigenvalue weighted by Crippen LogP contribution is 2.28. The van der Waals surface area contributed by atoms with Crippen LogP contribution in [0.2, 0.25) is 0 Å². The summed E-state index contributed by atoms with van der Waals surface area (Å²) in [6, 6.07) is 11.0. The molecule has 1 amide bonds. The fourth-order valence-corrected chi connectivity index (χ4v) is 4.70. The van der Waals surface area contributed by atoms with Crippen LogP contribution >= 0.6 is 0 Å². The van der Waals surface area contributed by atoms with Gasteiger partial charge in [0.25, 0.3) is 10.0 Å². The summed E-state index contributed by atoms with van der Waals surface area (Å²) >= 11 is 0. The average molecular weight is 431 g/mol. The molecule has 7 nitrogen and oxygen atoms in total. The van der Waals surface area contributed by atoms with Gasteiger partial charge >= 0.3 is 0 Å². The highest BCUT2D eigenvalue weighted by Gasteiger charge is 2.32. The van der Waals surface area contributed by atoms with Crippen LogP contribution in [0.15, 0.2) is 51.9 Å². The van der Waals surface area contributed by atoms with Crippen LogP contribution in [-0.4, -0.2) is 26.0 Å². The normalized spacial score (nSPS) is 11.4. The lowest BCUT2D eigenvalue weighted by Gasteiger charge is -2.24. The highest BCUT2D eigenvalue weighted by molar-refractivity contribution is 7.93. The lowest BCUT2D eigenvalue weighted by molar-refractivity contribution is -0.114. The molecule has 30 heavy (non-hydrogen) atoms. The molecule has 0 unspecified atom stereocenters. The Hall–Kier alpha value is -3.20. The van der Waals surface area contributed by atoms with Gasteiger partial charge in [-0.05, 0) is 57.5 Å². The fraction of sp³-hybridized carbons (Fsp3) is 0.238. The molecule has 2 aromatic carbocycles. The average Bonchev–Trinajstić information content (AvgIpc) is 3.02. The fourth-order valence-electron chi connectivity index (χ4n) is 2.98. The van der Waals surface area contributed by atoms with Crippen LogP contribution in [-0.2, 0) is 14.8 Å². The van der Waals surface area contributed by atoms with Gasteiger partial charge in [-0.1, -0.05) is 28.9 Å². The van der Waals surface area contributed by atoms with Crippen molar-refractivity contribution in [2.75, 3.05) is 16.2 Å². The predicted octanol–water partition coefficient (Wildman–Crippen LogP) is 3.88. The molecule has 3 rings (SSSR count). The number of hydrogen-bond donors (Lipinski definition) is 1. The van der Waals surface area contributed by atoms with Crippen molar-refractivity contribution in [3.8, 4) is 0 Å². The molecule has 158 valence electrons. The zero-order valence-corrected chi connectivity index (χ0v) is 17.9. The van der Waals surface area contributed by atoms with E-state index in [1.54, 1.807) is 37.3 Å². The first-order valence-electron chi connectivity index (χ1n) is 9.18. The molecule has 0 radical (unpaired) electrons. The topological polar surface area (TPSA) is 92.5 Å². The second-order valence-corrected chi connectivity index (χ2v) is 8.81. The third kappa shape index (κ3) is 4.35. The molecule has 0 saturated carbocycles. The molecule has 0 bridgehead atoms. The maximum atomic E-state index is 13.8. The first-order valence-corrected chi connectivity index (χ1v) is 10.6. The molecule has 1 N–H and O–H groups in total. The molecule has 0 aliphatic rings. The number of anilines is 2. The van der Waals surface area contributed by atoms with Gasteiger partial charge in [0, 0.05) is 5.69 Å². The third-order valence-corrected chi connectivity index (χ3v) is 6.60. The number of hydrogen-bond acceptors (Lipinski definition) is 5. The van der Waals surface area contributed by atoms with Crippen LogP contribution < -0.4 is 9.62 Å². The van der Waals surface area contributed by atoms with Crippen molar-refractivity contribution >= 4 is 27.3 Å². The molecule has 1 aromatic heterocycles. The van der Waals surface area contributed by atoms with E-state index >= 15 is 0 Å². The van der Waals surface area contributed by atoms with Crippen molar-refractivity contribution in [2.24, 2.45) is 0 Å². The monoisotopic (exact) mass is 431 g/mol. The number of nitrogens with zero attached hydrogens (tertiary/aromatic N) is 2. The minimum atomic E-state index is -4.15. The van der Waals surface area contributed by atoms with Crippen molar-refractivity contribution in [2.45, 2.75) is 32.6 Å². The Bertz CT molecular complexity index is 1170. The number of aryl methyl sites for hydroxylation is 4. The number of rotatable bonds is 6. The van der Waals surface area contributed by atoms with Gasteiger partial charge in [0.1, 0.15) is 18.1 Å². The smallest absolute Gasteiger partial charge is 0.270 e.